The molecule has 0 fully saturated rings. The topological polar surface area (TPSA) is 83.1 Å². The summed E-state index contributed by atoms with van der Waals surface area (Å²) in [6.07, 6.45) is 7.10. The Morgan fingerprint density at radius 1 is 0.844 bits per heavy atom. The monoisotopic (exact) mass is 420 g/mol. The highest BCUT2D eigenvalue weighted by Crippen LogP contribution is 2.34. The summed E-state index contributed by atoms with van der Waals surface area (Å²) in [5, 5.41) is 9.46. The summed E-state index contributed by atoms with van der Waals surface area (Å²) in [5.74, 6) is -0.291. The molecule has 0 atom stereocenters. The zero-order chi connectivity index (χ0) is 21.7. The normalized spacial score (nSPS) is 11.4. The second-order valence-corrected chi connectivity index (χ2v) is 7.69. The van der Waals surface area contributed by atoms with E-state index in [-0.39, 0.29) is 5.82 Å². The molecular formula is C25H17FN6. The van der Waals surface area contributed by atoms with Crippen molar-refractivity contribution in [3.63, 3.8) is 0 Å². The van der Waals surface area contributed by atoms with Crippen LogP contribution in [0.1, 0.15) is 5.56 Å². The molecule has 0 aliphatic rings. The third-order valence-corrected chi connectivity index (χ3v) is 5.66. The minimum atomic E-state index is -0.291. The SMILES string of the molecule is Cc1ccncc1-c1cc2c(-c3cc4c(-c5cccc(F)c5)nccc4[nH]3)n[nH]c2cn1. The summed E-state index contributed by atoms with van der Waals surface area (Å²) in [7, 11) is 0. The van der Waals surface area contributed by atoms with E-state index in [2.05, 4.69) is 30.1 Å². The smallest absolute Gasteiger partial charge is 0.123 e. The molecule has 5 aromatic heterocycles. The standard InChI is InChI=1S/C25H17FN6/c1-14-5-7-27-12-19(14)21-10-18-23(13-29-21)31-32-25(18)22-11-17-20(30-22)6-8-28-24(17)15-3-2-4-16(26)9-15/h2-13,30H,1H3,(H,31,32). The minimum Gasteiger partial charge on any atom is -0.353 e. The van der Waals surface area contributed by atoms with Crippen molar-refractivity contribution < 1.29 is 4.39 Å². The maximum atomic E-state index is 13.8. The van der Waals surface area contributed by atoms with Gasteiger partial charge in [-0.3, -0.25) is 20.1 Å². The van der Waals surface area contributed by atoms with Gasteiger partial charge in [-0.1, -0.05) is 12.1 Å². The number of nitrogens with zero attached hydrogens (tertiary/aromatic N) is 4. The van der Waals surface area contributed by atoms with E-state index >= 15 is 0 Å². The molecule has 1 aromatic carbocycles. The van der Waals surface area contributed by atoms with Crippen LogP contribution in [0.15, 0.2) is 73.3 Å². The number of rotatable bonds is 3. The molecule has 0 unspecified atom stereocenters. The van der Waals surface area contributed by atoms with Crippen molar-refractivity contribution in [2.75, 3.05) is 0 Å². The third kappa shape index (κ3) is 2.94. The number of nitrogens with one attached hydrogen (secondary N) is 2. The number of hydrogen-bond acceptors (Lipinski definition) is 4. The van der Waals surface area contributed by atoms with Gasteiger partial charge in [-0.2, -0.15) is 5.10 Å². The Morgan fingerprint density at radius 2 is 1.75 bits per heavy atom. The second kappa shape index (κ2) is 7.09. The van der Waals surface area contributed by atoms with E-state index in [9.17, 15) is 4.39 Å². The lowest BCUT2D eigenvalue weighted by atomic mass is 10.1. The molecule has 2 N–H and O–H groups in total. The van der Waals surface area contributed by atoms with Crippen LogP contribution in [0.2, 0.25) is 0 Å². The zero-order valence-corrected chi connectivity index (χ0v) is 17.1. The maximum absolute atomic E-state index is 13.8. The molecule has 6 aromatic rings. The van der Waals surface area contributed by atoms with E-state index in [0.717, 1.165) is 61.3 Å². The summed E-state index contributed by atoms with van der Waals surface area (Å²) >= 11 is 0. The highest BCUT2D eigenvalue weighted by Gasteiger charge is 2.16. The lowest BCUT2D eigenvalue weighted by molar-refractivity contribution is 0.628. The summed E-state index contributed by atoms with van der Waals surface area (Å²) in [4.78, 5) is 16.8. The van der Waals surface area contributed by atoms with Crippen molar-refractivity contribution >= 4 is 21.8 Å². The van der Waals surface area contributed by atoms with Gasteiger partial charge in [0, 0.05) is 46.0 Å². The van der Waals surface area contributed by atoms with Crippen molar-refractivity contribution in [1.82, 2.24) is 30.1 Å². The van der Waals surface area contributed by atoms with Crippen LogP contribution in [0.25, 0.3) is 55.7 Å². The molecule has 0 aliphatic carbocycles. The van der Waals surface area contributed by atoms with Crippen LogP contribution in [0.5, 0.6) is 0 Å². The van der Waals surface area contributed by atoms with Crippen LogP contribution < -0.4 is 0 Å². The molecule has 0 bridgehead atoms. The summed E-state index contributed by atoms with van der Waals surface area (Å²) in [6, 6.07) is 14.4. The Bertz CT molecular complexity index is 1610. The molecule has 7 heteroatoms. The number of benzene rings is 1. The van der Waals surface area contributed by atoms with Crippen LogP contribution in [0.4, 0.5) is 4.39 Å². The number of pyridine rings is 3. The summed E-state index contributed by atoms with van der Waals surface area (Å²) < 4.78 is 13.8. The first-order valence-electron chi connectivity index (χ1n) is 10.2. The number of fused-ring (bicyclic) bond motifs is 2. The predicted octanol–water partition coefficient (Wildman–Crippen LogP) is 5.68. The van der Waals surface area contributed by atoms with Crippen LogP contribution >= 0.6 is 0 Å². The molecular weight excluding hydrogens is 403 g/mol. The first kappa shape index (κ1) is 18.4. The molecule has 0 spiro atoms. The molecule has 154 valence electrons. The number of halogens is 1. The first-order chi connectivity index (χ1) is 15.7. The van der Waals surface area contributed by atoms with Gasteiger partial charge in [0.15, 0.2) is 0 Å². The highest BCUT2D eigenvalue weighted by molar-refractivity contribution is 6.00. The van der Waals surface area contributed by atoms with Gasteiger partial charge in [0.2, 0.25) is 0 Å². The summed E-state index contributed by atoms with van der Waals surface area (Å²) in [5.41, 5.74) is 7.75. The Labute approximate surface area is 182 Å². The molecule has 0 saturated heterocycles. The number of aromatic nitrogens is 6. The van der Waals surface area contributed by atoms with Crippen molar-refractivity contribution in [1.29, 1.82) is 0 Å². The van der Waals surface area contributed by atoms with E-state index in [0.29, 0.717) is 0 Å². The molecule has 5 heterocycles. The Hall–Kier alpha value is -4.39. The van der Waals surface area contributed by atoms with Crippen LogP contribution in [0.3, 0.4) is 0 Å². The predicted molar refractivity (Wildman–Crippen MR) is 122 cm³/mol. The lowest BCUT2D eigenvalue weighted by Gasteiger charge is -2.04. The van der Waals surface area contributed by atoms with Gasteiger partial charge in [0.1, 0.15) is 11.5 Å². The molecule has 0 radical (unpaired) electrons. The van der Waals surface area contributed by atoms with E-state index in [1.54, 1.807) is 24.7 Å². The zero-order valence-electron chi connectivity index (χ0n) is 17.1. The van der Waals surface area contributed by atoms with E-state index in [4.69, 9.17) is 0 Å². The van der Waals surface area contributed by atoms with E-state index in [1.807, 2.05) is 43.5 Å². The van der Waals surface area contributed by atoms with Crippen LogP contribution in [0, 0.1) is 12.7 Å². The van der Waals surface area contributed by atoms with Crippen molar-refractivity contribution in [2.24, 2.45) is 0 Å². The fourth-order valence-electron chi connectivity index (χ4n) is 4.05. The average molecular weight is 420 g/mol. The first-order valence-corrected chi connectivity index (χ1v) is 10.2. The fraction of sp³-hybridized carbons (Fsp3) is 0.0400. The molecule has 6 nitrogen and oxygen atoms in total. The Kier molecular flexibility index (Phi) is 4.07. The molecule has 0 saturated carbocycles. The van der Waals surface area contributed by atoms with E-state index in [1.165, 1.54) is 12.1 Å². The molecule has 32 heavy (non-hydrogen) atoms. The fourth-order valence-corrected chi connectivity index (χ4v) is 4.05. The van der Waals surface area contributed by atoms with Crippen molar-refractivity contribution in [3.05, 3.63) is 84.7 Å². The molecule has 0 aliphatic heterocycles. The number of aryl methyl sites for hydroxylation is 1. The van der Waals surface area contributed by atoms with Gasteiger partial charge in [0.05, 0.1) is 28.8 Å². The van der Waals surface area contributed by atoms with Gasteiger partial charge in [0.25, 0.3) is 0 Å². The lowest BCUT2D eigenvalue weighted by Crippen LogP contribution is -1.88. The third-order valence-electron chi connectivity index (χ3n) is 5.66. The number of aromatic amines is 2. The molecule has 6 rings (SSSR count). The van der Waals surface area contributed by atoms with Gasteiger partial charge in [-0.15, -0.1) is 0 Å². The van der Waals surface area contributed by atoms with Crippen molar-refractivity contribution in [3.8, 4) is 33.9 Å². The average Bonchev–Trinajstić information content (AvgIpc) is 3.42. The van der Waals surface area contributed by atoms with Gasteiger partial charge >= 0.3 is 0 Å². The Balaban J connectivity index is 1.52. The van der Waals surface area contributed by atoms with Crippen molar-refractivity contribution in [2.45, 2.75) is 6.92 Å². The number of hydrogen-bond donors (Lipinski definition) is 2. The summed E-state index contributed by atoms with van der Waals surface area (Å²) in [6.45, 7) is 2.04. The number of H-pyrrole nitrogens is 2. The van der Waals surface area contributed by atoms with Crippen LogP contribution in [-0.2, 0) is 0 Å². The second-order valence-electron chi connectivity index (χ2n) is 7.69. The largest absolute Gasteiger partial charge is 0.353 e. The quantitative estimate of drug-likeness (QED) is 0.386. The van der Waals surface area contributed by atoms with Gasteiger partial charge in [-0.25, -0.2) is 4.39 Å². The Morgan fingerprint density at radius 3 is 2.62 bits per heavy atom. The minimum absolute atomic E-state index is 0.291. The maximum Gasteiger partial charge on any atom is 0.123 e. The van der Waals surface area contributed by atoms with Gasteiger partial charge < -0.3 is 4.98 Å². The highest BCUT2D eigenvalue weighted by atomic mass is 19.1. The molecule has 0 amide bonds. The van der Waals surface area contributed by atoms with Crippen LogP contribution in [-0.4, -0.2) is 30.1 Å². The van der Waals surface area contributed by atoms with Gasteiger partial charge in [-0.05, 0) is 48.9 Å². The van der Waals surface area contributed by atoms with E-state index < -0.39 is 0 Å².